The average Bonchev–Trinajstić information content (AvgIpc) is 2.30. The van der Waals surface area contributed by atoms with E-state index in [1.807, 2.05) is 11.0 Å². The fourth-order valence-electron chi connectivity index (χ4n) is 1.74. The van der Waals surface area contributed by atoms with Crippen molar-refractivity contribution in [2.75, 3.05) is 31.1 Å². The van der Waals surface area contributed by atoms with Crippen LogP contribution in [0.4, 0.5) is 10.1 Å². The first-order chi connectivity index (χ1) is 7.31. The molecule has 3 nitrogen and oxygen atoms in total. The molecule has 0 spiro atoms. The number of nitrogens with zero attached hydrogens (tertiary/aromatic N) is 2. The van der Waals surface area contributed by atoms with Gasteiger partial charge in [0.05, 0.1) is 17.3 Å². The predicted molar refractivity (Wildman–Crippen MR) is 70.7 cm³/mol. The lowest BCUT2D eigenvalue weighted by Crippen LogP contribution is -2.43. The zero-order valence-electron chi connectivity index (χ0n) is 9.15. The van der Waals surface area contributed by atoms with Crippen molar-refractivity contribution in [3.63, 3.8) is 0 Å². The SMILES string of the molecule is Cl.Cl.N#Cc1ccc(N2CCNCC2)c(F)c1. The van der Waals surface area contributed by atoms with Gasteiger partial charge in [0, 0.05) is 26.2 Å². The highest BCUT2D eigenvalue weighted by atomic mass is 35.5. The van der Waals surface area contributed by atoms with Crippen LogP contribution in [0, 0.1) is 17.1 Å². The normalized spacial score (nSPS) is 14.2. The van der Waals surface area contributed by atoms with Crippen LogP contribution in [0.5, 0.6) is 0 Å². The molecule has 0 saturated carbocycles. The van der Waals surface area contributed by atoms with E-state index in [9.17, 15) is 4.39 Å². The first-order valence-electron chi connectivity index (χ1n) is 4.96. The Kier molecular flexibility index (Phi) is 6.89. The lowest BCUT2D eigenvalue weighted by Gasteiger charge is -2.29. The minimum absolute atomic E-state index is 0. The van der Waals surface area contributed by atoms with Crippen LogP contribution in [-0.2, 0) is 0 Å². The molecule has 2 rings (SSSR count). The van der Waals surface area contributed by atoms with Crippen molar-refractivity contribution in [2.24, 2.45) is 0 Å². The van der Waals surface area contributed by atoms with Gasteiger partial charge < -0.3 is 10.2 Å². The van der Waals surface area contributed by atoms with Crippen LogP contribution in [0.2, 0.25) is 0 Å². The standard InChI is InChI=1S/C11H12FN3.2ClH/c12-10-7-9(8-13)1-2-11(10)15-5-3-14-4-6-15;;/h1-2,7,14H,3-6H2;2*1H. The number of hydrogen-bond donors (Lipinski definition) is 1. The maximum Gasteiger partial charge on any atom is 0.147 e. The van der Waals surface area contributed by atoms with E-state index in [2.05, 4.69) is 5.32 Å². The Morgan fingerprint density at radius 2 is 1.88 bits per heavy atom. The van der Waals surface area contributed by atoms with Crippen molar-refractivity contribution >= 4 is 30.5 Å². The molecular weight excluding hydrogens is 264 g/mol. The second-order valence-electron chi connectivity index (χ2n) is 3.52. The number of nitrogens with one attached hydrogen (secondary N) is 1. The number of piperazine rings is 1. The van der Waals surface area contributed by atoms with E-state index in [0.29, 0.717) is 11.3 Å². The Labute approximate surface area is 112 Å². The second-order valence-corrected chi connectivity index (χ2v) is 3.52. The smallest absolute Gasteiger partial charge is 0.147 e. The molecule has 0 aromatic heterocycles. The highest BCUT2D eigenvalue weighted by molar-refractivity contribution is 5.85. The molecule has 1 aromatic carbocycles. The van der Waals surface area contributed by atoms with E-state index < -0.39 is 0 Å². The highest BCUT2D eigenvalue weighted by Gasteiger charge is 2.14. The number of hydrogen-bond acceptors (Lipinski definition) is 3. The number of rotatable bonds is 1. The molecule has 1 saturated heterocycles. The summed E-state index contributed by atoms with van der Waals surface area (Å²) in [6.07, 6.45) is 0. The van der Waals surface area contributed by atoms with Crippen LogP contribution >= 0.6 is 24.8 Å². The average molecular weight is 278 g/mol. The van der Waals surface area contributed by atoms with Gasteiger partial charge in [-0.1, -0.05) is 0 Å². The molecule has 94 valence electrons. The van der Waals surface area contributed by atoms with Crippen molar-refractivity contribution in [3.8, 4) is 6.07 Å². The van der Waals surface area contributed by atoms with Crippen LogP contribution < -0.4 is 10.2 Å². The van der Waals surface area contributed by atoms with Gasteiger partial charge in [0.15, 0.2) is 0 Å². The first kappa shape index (κ1) is 16.0. The lowest BCUT2D eigenvalue weighted by molar-refractivity contribution is 0.566. The number of nitriles is 1. The van der Waals surface area contributed by atoms with E-state index in [1.54, 1.807) is 12.1 Å². The van der Waals surface area contributed by atoms with Crippen LogP contribution in [0.25, 0.3) is 0 Å². The Bertz CT molecular complexity index is 400. The molecule has 0 amide bonds. The Balaban J connectivity index is 0.00000128. The molecule has 0 aliphatic carbocycles. The highest BCUT2D eigenvalue weighted by Crippen LogP contribution is 2.20. The molecule has 0 radical (unpaired) electrons. The third-order valence-corrected chi connectivity index (χ3v) is 2.53. The maximum atomic E-state index is 13.6. The van der Waals surface area contributed by atoms with Gasteiger partial charge in [-0.3, -0.25) is 0 Å². The number of halogens is 3. The van der Waals surface area contributed by atoms with Crippen LogP contribution in [0.3, 0.4) is 0 Å². The van der Waals surface area contributed by atoms with E-state index in [4.69, 9.17) is 5.26 Å². The molecule has 6 heteroatoms. The van der Waals surface area contributed by atoms with Gasteiger partial charge in [-0.2, -0.15) is 5.26 Å². The summed E-state index contributed by atoms with van der Waals surface area (Å²) < 4.78 is 13.6. The van der Waals surface area contributed by atoms with Crippen molar-refractivity contribution in [1.82, 2.24) is 5.32 Å². The third kappa shape index (κ3) is 3.74. The van der Waals surface area contributed by atoms with Gasteiger partial charge >= 0.3 is 0 Å². The van der Waals surface area contributed by atoms with Crippen molar-refractivity contribution < 1.29 is 4.39 Å². The molecule has 0 bridgehead atoms. The second kappa shape index (κ2) is 7.33. The zero-order chi connectivity index (χ0) is 10.7. The van der Waals surface area contributed by atoms with Gasteiger partial charge in [-0.25, -0.2) is 4.39 Å². The molecular formula is C11H14Cl2FN3. The van der Waals surface area contributed by atoms with E-state index >= 15 is 0 Å². The molecule has 1 aromatic rings. The van der Waals surface area contributed by atoms with Gasteiger partial charge in [0.2, 0.25) is 0 Å². The first-order valence-corrected chi connectivity index (χ1v) is 4.96. The summed E-state index contributed by atoms with van der Waals surface area (Å²) >= 11 is 0. The summed E-state index contributed by atoms with van der Waals surface area (Å²) in [5.41, 5.74) is 0.960. The van der Waals surface area contributed by atoms with Gasteiger partial charge in [-0.15, -0.1) is 24.8 Å². The molecule has 17 heavy (non-hydrogen) atoms. The molecule has 1 heterocycles. The van der Waals surface area contributed by atoms with E-state index in [1.165, 1.54) is 6.07 Å². The van der Waals surface area contributed by atoms with Gasteiger partial charge in [-0.05, 0) is 18.2 Å². The van der Waals surface area contributed by atoms with E-state index in [-0.39, 0.29) is 30.6 Å². The lowest BCUT2D eigenvalue weighted by atomic mass is 10.2. The topological polar surface area (TPSA) is 39.1 Å². The molecule has 1 aliphatic rings. The van der Waals surface area contributed by atoms with E-state index in [0.717, 1.165) is 26.2 Å². The van der Waals surface area contributed by atoms with Gasteiger partial charge in [0.25, 0.3) is 0 Å². The number of benzene rings is 1. The third-order valence-electron chi connectivity index (χ3n) is 2.53. The van der Waals surface area contributed by atoms with Gasteiger partial charge in [0.1, 0.15) is 5.82 Å². The van der Waals surface area contributed by atoms with Crippen molar-refractivity contribution in [1.29, 1.82) is 5.26 Å². The summed E-state index contributed by atoms with van der Waals surface area (Å²) in [6.45, 7) is 3.37. The largest absolute Gasteiger partial charge is 0.367 e. The summed E-state index contributed by atoms with van der Waals surface area (Å²) in [7, 11) is 0. The minimum Gasteiger partial charge on any atom is -0.367 e. The fourth-order valence-corrected chi connectivity index (χ4v) is 1.74. The minimum atomic E-state index is -0.309. The molecule has 1 fully saturated rings. The summed E-state index contributed by atoms with van der Waals surface area (Å²) in [4.78, 5) is 1.99. The summed E-state index contributed by atoms with van der Waals surface area (Å²) in [5.74, 6) is -0.309. The molecule has 0 unspecified atom stereocenters. The maximum absolute atomic E-state index is 13.6. The summed E-state index contributed by atoms with van der Waals surface area (Å²) in [6, 6.07) is 6.55. The Hall–Kier alpha value is -1.02. The molecule has 1 aliphatic heterocycles. The number of anilines is 1. The monoisotopic (exact) mass is 277 g/mol. The predicted octanol–water partition coefficient (Wildman–Crippen LogP) is 1.95. The fraction of sp³-hybridized carbons (Fsp3) is 0.364. The summed E-state index contributed by atoms with van der Waals surface area (Å²) in [5, 5.41) is 11.8. The quantitative estimate of drug-likeness (QED) is 0.853. The van der Waals surface area contributed by atoms with Crippen molar-refractivity contribution in [2.45, 2.75) is 0 Å². The zero-order valence-corrected chi connectivity index (χ0v) is 10.8. The van der Waals surface area contributed by atoms with Crippen LogP contribution in [0.15, 0.2) is 18.2 Å². The Morgan fingerprint density at radius 1 is 1.24 bits per heavy atom. The molecule has 1 N–H and O–H groups in total. The van der Waals surface area contributed by atoms with Crippen LogP contribution in [0.1, 0.15) is 5.56 Å². The Morgan fingerprint density at radius 3 is 2.41 bits per heavy atom. The van der Waals surface area contributed by atoms with Crippen LogP contribution in [-0.4, -0.2) is 26.2 Å². The van der Waals surface area contributed by atoms with Crippen molar-refractivity contribution in [3.05, 3.63) is 29.6 Å². The molecule has 0 atom stereocenters.